The molecule has 10 heteroatoms. The van der Waals surface area contributed by atoms with Crippen molar-refractivity contribution in [2.75, 3.05) is 6.61 Å². The maximum absolute atomic E-state index is 12.9. The monoisotopic (exact) mass is 559 g/mol. The molecule has 4 N–H and O–H groups in total. The van der Waals surface area contributed by atoms with Crippen LogP contribution in [0, 0.1) is 17.8 Å². The second kappa shape index (κ2) is 20.7. The Morgan fingerprint density at radius 1 is 0.667 bits per heavy atom. The Kier molecular flexibility index (Phi) is 19.5. The van der Waals surface area contributed by atoms with Gasteiger partial charge in [0.1, 0.15) is 18.2 Å². The number of carbonyl (C=O) groups excluding carboxylic acids is 3. The molecule has 0 spiro atoms. The number of hydrogen-bond acceptors (Lipinski definition) is 8. The summed E-state index contributed by atoms with van der Waals surface area (Å²) >= 11 is 0. The third-order valence-electron chi connectivity index (χ3n) is 6.32. The summed E-state index contributed by atoms with van der Waals surface area (Å²) < 4.78 is 11.2. The van der Waals surface area contributed by atoms with Gasteiger partial charge in [0.2, 0.25) is 5.91 Å². The number of unbranched alkanes of at least 4 members (excludes halogenated alkanes) is 1. The molecule has 0 aromatic rings. The number of aliphatic carboxylic acids is 1. The summed E-state index contributed by atoms with van der Waals surface area (Å²) in [5.41, 5.74) is 0. The smallest absolute Gasteiger partial charge is 0.328 e. The highest BCUT2D eigenvalue weighted by Crippen LogP contribution is 2.19. The molecule has 0 aliphatic carbocycles. The molecule has 4 atom stereocenters. The Bertz CT molecular complexity index is 724. The van der Waals surface area contributed by atoms with Gasteiger partial charge in [-0.3, -0.25) is 14.4 Å². The predicted molar refractivity (Wildman–Crippen MR) is 148 cm³/mol. The van der Waals surface area contributed by atoms with Crippen molar-refractivity contribution in [3.8, 4) is 0 Å². The number of nitrogens with one attached hydrogen (secondary N) is 1. The first-order valence-electron chi connectivity index (χ1n) is 14.4. The first-order chi connectivity index (χ1) is 18.2. The Morgan fingerprint density at radius 3 is 1.67 bits per heavy atom. The second-order valence-corrected chi connectivity index (χ2v) is 11.8. The average Bonchev–Trinajstić information content (AvgIpc) is 2.81. The second-order valence-electron chi connectivity index (χ2n) is 11.8. The largest absolute Gasteiger partial charge is 0.480 e. The Balaban J connectivity index is 5.22. The van der Waals surface area contributed by atoms with Crippen LogP contribution in [-0.2, 0) is 28.7 Å². The van der Waals surface area contributed by atoms with Crippen LogP contribution in [0.5, 0.6) is 0 Å². The minimum Gasteiger partial charge on any atom is -0.480 e. The Morgan fingerprint density at radius 2 is 1.15 bits per heavy atom. The lowest BCUT2D eigenvalue weighted by Crippen LogP contribution is -2.44. The van der Waals surface area contributed by atoms with E-state index < -0.39 is 54.8 Å². The van der Waals surface area contributed by atoms with E-state index in [2.05, 4.69) is 19.2 Å². The van der Waals surface area contributed by atoms with Crippen molar-refractivity contribution in [1.29, 1.82) is 0 Å². The van der Waals surface area contributed by atoms with E-state index in [1.807, 2.05) is 27.7 Å². The summed E-state index contributed by atoms with van der Waals surface area (Å²) in [5, 5.41) is 30.7. The van der Waals surface area contributed by atoms with Crippen LogP contribution in [0.1, 0.15) is 112 Å². The SMILES string of the molecule is CC(C)CCCC[C@H](CC(=O)N[C@H](CO)C(=O)O)OC(=O)C[C@H](CCC(C)C)OC(=O)C[C@H](O)CCC(C)C. The number of ether oxygens (including phenoxy) is 2. The Hall–Kier alpha value is -2.20. The van der Waals surface area contributed by atoms with Gasteiger partial charge in [-0.15, -0.1) is 0 Å². The van der Waals surface area contributed by atoms with Crippen LogP contribution in [-0.4, -0.2) is 70.1 Å². The van der Waals surface area contributed by atoms with Crippen LogP contribution >= 0.6 is 0 Å². The lowest BCUT2D eigenvalue weighted by atomic mass is 10.0. The molecule has 0 bridgehead atoms. The van der Waals surface area contributed by atoms with Crippen LogP contribution in [0.4, 0.5) is 0 Å². The van der Waals surface area contributed by atoms with Gasteiger partial charge < -0.3 is 30.1 Å². The fourth-order valence-corrected chi connectivity index (χ4v) is 3.97. The fourth-order valence-electron chi connectivity index (χ4n) is 3.97. The zero-order valence-electron chi connectivity index (χ0n) is 24.8. The number of aliphatic hydroxyl groups excluding tert-OH is 2. The van der Waals surface area contributed by atoms with Gasteiger partial charge in [-0.25, -0.2) is 4.79 Å². The van der Waals surface area contributed by atoms with Crippen molar-refractivity contribution >= 4 is 23.8 Å². The summed E-state index contributed by atoms with van der Waals surface area (Å²) in [6.07, 6.45) is 2.58. The van der Waals surface area contributed by atoms with Crippen molar-refractivity contribution in [2.45, 2.75) is 137 Å². The highest BCUT2D eigenvalue weighted by atomic mass is 16.6. The van der Waals surface area contributed by atoms with Gasteiger partial charge in [-0.2, -0.15) is 0 Å². The lowest BCUT2D eigenvalue weighted by molar-refractivity contribution is -0.160. The Labute approximate surface area is 234 Å². The summed E-state index contributed by atoms with van der Waals surface area (Å²) in [6.45, 7) is 11.6. The van der Waals surface area contributed by atoms with Crippen LogP contribution < -0.4 is 5.32 Å². The number of amides is 1. The molecule has 39 heavy (non-hydrogen) atoms. The van der Waals surface area contributed by atoms with Gasteiger partial charge >= 0.3 is 17.9 Å². The van der Waals surface area contributed by atoms with Crippen LogP contribution in [0.15, 0.2) is 0 Å². The quantitative estimate of drug-likeness (QED) is 0.114. The van der Waals surface area contributed by atoms with E-state index >= 15 is 0 Å². The molecule has 0 aromatic carbocycles. The van der Waals surface area contributed by atoms with Crippen LogP contribution in [0.3, 0.4) is 0 Å². The molecule has 0 radical (unpaired) electrons. The number of rotatable bonds is 22. The number of carbonyl (C=O) groups is 4. The van der Waals surface area contributed by atoms with Crippen molar-refractivity contribution in [1.82, 2.24) is 5.32 Å². The number of hydrogen-bond donors (Lipinski definition) is 4. The topological polar surface area (TPSA) is 159 Å². The van der Waals surface area contributed by atoms with Gasteiger partial charge in [0.15, 0.2) is 0 Å². The van der Waals surface area contributed by atoms with Gasteiger partial charge in [-0.05, 0) is 56.3 Å². The molecule has 0 aromatic heterocycles. The first-order valence-corrected chi connectivity index (χ1v) is 14.4. The normalized spacial score (nSPS) is 14.6. The van der Waals surface area contributed by atoms with E-state index in [1.54, 1.807) is 0 Å². The number of aliphatic hydroxyl groups is 2. The molecule has 0 saturated carbocycles. The first kappa shape index (κ1) is 36.8. The average molecular weight is 560 g/mol. The molecule has 0 aliphatic rings. The summed E-state index contributed by atoms with van der Waals surface area (Å²) in [6, 6.07) is -1.44. The molecular weight excluding hydrogens is 506 g/mol. The molecule has 1 amide bonds. The van der Waals surface area contributed by atoms with E-state index in [9.17, 15) is 29.4 Å². The molecule has 0 saturated heterocycles. The van der Waals surface area contributed by atoms with Crippen molar-refractivity contribution in [3.05, 3.63) is 0 Å². The van der Waals surface area contributed by atoms with Crippen molar-refractivity contribution in [2.24, 2.45) is 17.8 Å². The third kappa shape index (κ3) is 20.4. The van der Waals surface area contributed by atoms with Crippen LogP contribution in [0.25, 0.3) is 0 Å². The van der Waals surface area contributed by atoms with E-state index in [0.29, 0.717) is 43.4 Å². The van der Waals surface area contributed by atoms with E-state index in [1.165, 1.54) is 0 Å². The maximum atomic E-state index is 12.9. The zero-order chi connectivity index (χ0) is 30.0. The maximum Gasteiger partial charge on any atom is 0.328 e. The molecule has 0 heterocycles. The minimum atomic E-state index is -1.44. The predicted octanol–water partition coefficient (Wildman–Crippen LogP) is 3.99. The summed E-state index contributed by atoms with van der Waals surface area (Å²) in [4.78, 5) is 48.9. The lowest BCUT2D eigenvalue weighted by Gasteiger charge is -2.22. The van der Waals surface area contributed by atoms with E-state index in [0.717, 1.165) is 25.7 Å². The highest BCUT2D eigenvalue weighted by molar-refractivity contribution is 5.84. The standard InChI is InChI=1S/C29H53NO9/c1-19(2)9-7-8-10-23(16-26(33)30-25(18-31)29(36)37)38-28(35)17-24(14-12-21(5)6)39-27(34)15-22(32)13-11-20(3)4/h19-25,31-32H,7-18H2,1-6H3,(H,30,33)(H,36,37)/t22-,23-,24+,25-/m1/s1. The number of carboxylic acid groups (broad SMARTS) is 1. The van der Waals surface area contributed by atoms with Crippen LogP contribution in [0.2, 0.25) is 0 Å². The summed E-state index contributed by atoms with van der Waals surface area (Å²) in [5.74, 6) is -1.95. The molecule has 10 nitrogen and oxygen atoms in total. The van der Waals surface area contributed by atoms with Gasteiger partial charge in [0, 0.05) is 0 Å². The number of carboxylic acids is 1. The fraction of sp³-hybridized carbons (Fsp3) is 0.862. The van der Waals surface area contributed by atoms with E-state index in [4.69, 9.17) is 14.6 Å². The molecule has 0 unspecified atom stereocenters. The third-order valence-corrected chi connectivity index (χ3v) is 6.32. The number of esters is 2. The summed E-state index contributed by atoms with van der Waals surface area (Å²) in [7, 11) is 0. The molecule has 0 fully saturated rings. The van der Waals surface area contributed by atoms with Crippen molar-refractivity contribution < 1.29 is 44.0 Å². The van der Waals surface area contributed by atoms with Gasteiger partial charge in [-0.1, -0.05) is 54.4 Å². The highest BCUT2D eigenvalue weighted by Gasteiger charge is 2.26. The zero-order valence-corrected chi connectivity index (χ0v) is 24.8. The van der Waals surface area contributed by atoms with E-state index in [-0.39, 0.29) is 19.3 Å². The molecule has 0 rings (SSSR count). The minimum absolute atomic E-state index is 0.145. The van der Waals surface area contributed by atoms with Gasteiger partial charge in [0.05, 0.1) is 32.0 Å². The van der Waals surface area contributed by atoms with Crippen molar-refractivity contribution in [3.63, 3.8) is 0 Å². The molecule has 228 valence electrons. The van der Waals surface area contributed by atoms with Gasteiger partial charge in [0.25, 0.3) is 0 Å². The molecule has 0 aliphatic heterocycles. The molecular formula is C29H53NO9.